The van der Waals surface area contributed by atoms with E-state index in [1.54, 1.807) is 26.0 Å². The summed E-state index contributed by atoms with van der Waals surface area (Å²) in [4.78, 5) is 11.4. The molecule has 0 spiro atoms. The van der Waals surface area contributed by atoms with Crippen molar-refractivity contribution in [1.29, 1.82) is 0 Å². The van der Waals surface area contributed by atoms with Crippen LogP contribution in [0.25, 0.3) is 70.1 Å². The highest BCUT2D eigenvalue weighted by molar-refractivity contribution is 7.41. The van der Waals surface area contributed by atoms with Gasteiger partial charge >= 0.3 is 17.8 Å². The van der Waals surface area contributed by atoms with Crippen molar-refractivity contribution in [2.75, 3.05) is 0 Å². The zero-order valence-corrected chi connectivity index (χ0v) is 30.2. The molecule has 0 fully saturated rings. The lowest BCUT2D eigenvalue weighted by molar-refractivity contribution is -0.254. The number of aryl methyl sites for hydroxylation is 2. The van der Waals surface area contributed by atoms with E-state index >= 15 is 26.3 Å². The lowest BCUT2D eigenvalue weighted by Gasteiger charge is -2.26. The third-order valence-corrected chi connectivity index (χ3v) is 16.3. The highest BCUT2D eigenvalue weighted by atomic mass is 32.2. The minimum atomic E-state index is -5.65. The van der Waals surface area contributed by atoms with Gasteiger partial charge in [0.1, 0.15) is 10.0 Å². The van der Waals surface area contributed by atoms with Gasteiger partial charge in [-0.05, 0) is 49.2 Å². The predicted molar refractivity (Wildman–Crippen MR) is 197 cm³/mol. The molecular weight excluding hydrogens is 755 g/mol. The first-order valence-corrected chi connectivity index (χ1v) is 20.1. The molecule has 0 aliphatic heterocycles. The number of thiazole rings is 2. The lowest BCUT2D eigenvalue weighted by Crippen LogP contribution is -2.49. The molecule has 0 saturated carbocycles. The van der Waals surface area contributed by atoms with E-state index in [1.165, 1.54) is 68.0 Å². The molecule has 0 radical (unpaired) electrons. The standard InChI is InChI=1S/C35H20F6N2S6/c1-3-19-25(15-13-23(48-31(15)46-19)29-42-17-9-5-7-11-21(17)44-29)27-28(34(38,39)35(40,41)33(27,36)37)26-16-14-24(49-32(16)47-20(26)4-2)30-43-18-10-6-8-12-22(18)45-30/h5-14H,3-4H2,1-2H3. The maximum absolute atomic E-state index is 16.3. The number of aromatic nitrogens is 2. The monoisotopic (exact) mass is 774 g/mol. The zero-order chi connectivity index (χ0) is 34.0. The highest BCUT2D eigenvalue weighted by Gasteiger charge is 2.80. The van der Waals surface area contributed by atoms with Crippen molar-refractivity contribution in [2.45, 2.75) is 44.5 Å². The van der Waals surface area contributed by atoms with Crippen molar-refractivity contribution < 1.29 is 26.3 Å². The van der Waals surface area contributed by atoms with Gasteiger partial charge in [-0.1, -0.05) is 38.1 Å². The number of nitrogens with zero attached hydrogens (tertiary/aromatic N) is 2. The summed E-state index contributed by atoms with van der Waals surface area (Å²) in [5.41, 5.74) is -1.44. The molecule has 0 amide bonds. The topological polar surface area (TPSA) is 25.8 Å². The van der Waals surface area contributed by atoms with Gasteiger partial charge in [0, 0.05) is 42.8 Å². The van der Waals surface area contributed by atoms with Gasteiger partial charge < -0.3 is 0 Å². The van der Waals surface area contributed by atoms with Crippen LogP contribution in [0.4, 0.5) is 26.3 Å². The normalized spacial score (nSPS) is 17.1. The quantitative estimate of drug-likeness (QED) is 0.157. The van der Waals surface area contributed by atoms with Crippen molar-refractivity contribution in [3.63, 3.8) is 0 Å². The van der Waals surface area contributed by atoms with E-state index in [0.29, 0.717) is 37.6 Å². The molecule has 8 aromatic rings. The molecule has 0 N–H and O–H groups in total. The number of rotatable bonds is 6. The third-order valence-electron chi connectivity index (χ3n) is 8.74. The van der Waals surface area contributed by atoms with Crippen molar-refractivity contribution >= 4 is 118 Å². The van der Waals surface area contributed by atoms with Gasteiger partial charge in [0.25, 0.3) is 0 Å². The number of benzene rings is 2. The van der Waals surface area contributed by atoms with Gasteiger partial charge in [0.05, 0.1) is 38.2 Å². The summed E-state index contributed by atoms with van der Waals surface area (Å²) in [7, 11) is 0. The smallest absolute Gasteiger partial charge is 0.235 e. The minimum Gasteiger partial charge on any atom is -0.235 e. The van der Waals surface area contributed by atoms with Gasteiger partial charge in [-0.2, -0.15) is 26.3 Å². The Balaban J connectivity index is 1.32. The Morgan fingerprint density at radius 1 is 0.551 bits per heavy atom. The van der Waals surface area contributed by atoms with Gasteiger partial charge in [-0.3, -0.25) is 0 Å². The average Bonchev–Trinajstić information content (AvgIpc) is 3.91. The second-order valence-corrected chi connectivity index (χ2v) is 18.5. The number of hydrogen-bond donors (Lipinski definition) is 0. The Hall–Kier alpha value is -3.14. The van der Waals surface area contributed by atoms with Crippen LogP contribution >= 0.6 is 68.0 Å². The van der Waals surface area contributed by atoms with Gasteiger partial charge in [-0.25, -0.2) is 9.97 Å². The number of thiophene rings is 4. The molecule has 49 heavy (non-hydrogen) atoms. The third kappa shape index (κ3) is 4.40. The molecule has 1 aliphatic rings. The summed E-state index contributed by atoms with van der Waals surface area (Å²) in [6.45, 7) is 3.45. The minimum absolute atomic E-state index is 0.210. The molecule has 0 atom stereocenters. The summed E-state index contributed by atoms with van der Waals surface area (Å²) >= 11 is 7.84. The Kier molecular flexibility index (Phi) is 7.10. The molecule has 6 heterocycles. The summed E-state index contributed by atoms with van der Waals surface area (Å²) < 4.78 is 99.8. The van der Waals surface area contributed by atoms with Crippen LogP contribution in [0.15, 0.2) is 60.7 Å². The van der Waals surface area contributed by atoms with Crippen LogP contribution in [0.3, 0.4) is 0 Å². The van der Waals surface area contributed by atoms with E-state index in [2.05, 4.69) is 9.97 Å². The fraction of sp³-hybridized carbons (Fsp3) is 0.200. The van der Waals surface area contributed by atoms with E-state index in [9.17, 15) is 0 Å². The average molecular weight is 775 g/mol. The number of para-hydroxylation sites is 2. The SMILES string of the molecule is CCc1sc2sc(-c3nc4ccccc4s3)cc2c1C1=C(c2c(CC)sc3sc(-c4nc5ccccc5s4)cc23)C(F)(F)C(F)(F)C1(F)F. The molecule has 0 bridgehead atoms. The van der Waals surface area contributed by atoms with Gasteiger partial charge in [0.15, 0.2) is 0 Å². The largest absolute Gasteiger partial charge is 0.380 e. The molecule has 9 rings (SSSR count). The first-order chi connectivity index (χ1) is 23.4. The van der Waals surface area contributed by atoms with E-state index in [1.807, 2.05) is 48.5 Å². The second-order valence-electron chi connectivity index (χ2n) is 11.6. The Labute approximate surface area is 298 Å². The molecule has 14 heteroatoms. The number of alkyl halides is 6. The predicted octanol–water partition coefficient (Wildman–Crippen LogP) is 13.7. The second kappa shape index (κ2) is 10.9. The molecule has 248 valence electrons. The van der Waals surface area contributed by atoms with Crippen LogP contribution in [-0.2, 0) is 12.8 Å². The summed E-state index contributed by atoms with van der Waals surface area (Å²) in [6, 6.07) is 18.4. The summed E-state index contributed by atoms with van der Waals surface area (Å²) in [5, 5.41) is 1.84. The van der Waals surface area contributed by atoms with Crippen LogP contribution in [-0.4, -0.2) is 27.7 Å². The molecule has 0 saturated heterocycles. The maximum atomic E-state index is 16.3. The summed E-state index contributed by atoms with van der Waals surface area (Å²) in [6.07, 6.45) is 0.420. The van der Waals surface area contributed by atoms with E-state index in [4.69, 9.17) is 0 Å². The van der Waals surface area contributed by atoms with Crippen LogP contribution in [0.1, 0.15) is 34.7 Å². The van der Waals surface area contributed by atoms with Crippen molar-refractivity contribution in [2.24, 2.45) is 0 Å². The number of halogens is 6. The Morgan fingerprint density at radius 2 is 0.959 bits per heavy atom. The fourth-order valence-corrected chi connectivity index (χ4v) is 13.7. The molecule has 1 aliphatic carbocycles. The number of fused-ring (bicyclic) bond motifs is 4. The van der Waals surface area contributed by atoms with Crippen LogP contribution in [0.5, 0.6) is 0 Å². The van der Waals surface area contributed by atoms with Crippen LogP contribution in [0, 0.1) is 0 Å². The first kappa shape index (κ1) is 31.8. The maximum Gasteiger partial charge on any atom is 0.380 e. The first-order valence-electron chi connectivity index (χ1n) is 15.2. The van der Waals surface area contributed by atoms with Crippen LogP contribution < -0.4 is 0 Å². The Bertz CT molecular complexity index is 2400. The molecular formula is C35H20F6N2S6. The molecule has 2 aromatic carbocycles. The van der Waals surface area contributed by atoms with Crippen molar-refractivity contribution in [1.82, 2.24) is 9.97 Å². The van der Waals surface area contributed by atoms with E-state index < -0.39 is 28.9 Å². The molecule has 2 nitrogen and oxygen atoms in total. The molecule has 0 unspecified atom stereocenters. The van der Waals surface area contributed by atoms with Crippen molar-refractivity contribution in [3.05, 3.63) is 81.5 Å². The van der Waals surface area contributed by atoms with Crippen molar-refractivity contribution in [3.8, 4) is 19.8 Å². The lowest BCUT2D eigenvalue weighted by atomic mass is 9.91. The number of hydrogen-bond acceptors (Lipinski definition) is 8. The van der Waals surface area contributed by atoms with Crippen LogP contribution in [0.2, 0.25) is 0 Å². The van der Waals surface area contributed by atoms with E-state index in [0.717, 1.165) is 20.4 Å². The number of allylic oxidation sites excluding steroid dienone is 2. The van der Waals surface area contributed by atoms with E-state index in [-0.39, 0.29) is 34.7 Å². The molecule has 6 aromatic heterocycles. The summed E-state index contributed by atoms with van der Waals surface area (Å²) in [5.74, 6) is -15.9. The van der Waals surface area contributed by atoms with Gasteiger partial charge in [-0.15, -0.1) is 68.0 Å². The van der Waals surface area contributed by atoms with Gasteiger partial charge in [0.2, 0.25) is 0 Å². The highest BCUT2D eigenvalue weighted by Crippen LogP contribution is 2.68. The zero-order valence-electron chi connectivity index (χ0n) is 25.3. The fourth-order valence-electron chi connectivity index (χ4n) is 6.48. The Morgan fingerprint density at radius 3 is 1.35 bits per heavy atom.